The van der Waals surface area contributed by atoms with Crippen LogP contribution in [0, 0.1) is 0 Å². The first-order valence-electron chi connectivity index (χ1n) is 2.73. The molecule has 0 aromatic carbocycles. The summed E-state index contributed by atoms with van der Waals surface area (Å²) in [5.41, 5.74) is 0. The fourth-order valence-corrected chi connectivity index (χ4v) is 0.988. The Bertz CT molecular complexity index is 163. The summed E-state index contributed by atoms with van der Waals surface area (Å²) >= 11 is 4.05. The number of carbonyl (C=O) groups excluding carboxylic acids is 1. The maximum absolute atomic E-state index is 10.5. The van der Waals surface area contributed by atoms with Crippen molar-refractivity contribution < 1.29 is 19.1 Å². The molecule has 0 unspecified atom stereocenters. The molecular weight excluding hydrogens is 175 g/mol. The monoisotopic (exact) mass is 184 g/mol. The summed E-state index contributed by atoms with van der Waals surface area (Å²) in [6, 6.07) is 0. The van der Waals surface area contributed by atoms with E-state index in [4.69, 9.17) is 9.79 Å². The molecule has 0 heterocycles. The van der Waals surface area contributed by atoms with Crippen molar-refractivity contribution in [3.8, 4) is 0 Å². The molecule has 0 amide bonds. The molecule has 60 valence electrons. The quantitative estimate of drug-likeness (QED) is 0.626. The summed E-state index contributed by atoms with van der Waals surface area (Å²) < 4.78 is 4.08. The van der Waals surface area contributed by atoms with Crippen LogP contribution in [-0.4, -0.2) is 15.8 Å². The highest BCUT2D eigenvalue weighted by molar-refractivity contribution is 8.06. The van der Waals surface area contributed by atoms with E-state index in [0.29, 0.717) is 6.42 Å². The number of hydrogen-bond acceptors (Lipinski definition) is 3. The third-order valence-corrected chi connectivity index (χ3v) is 1.34. The van der Waals surface area contributed by atoms with Crippen molar-refractivity contribution in [1.82, 2.24) is 0 Å². The molecule has 0 saturated carbocycles. The first-order valence-corrected chi connectivity index (χ1v) is 5.36. The van der Waals surface area contributed by atoms with Crippen LogP contribution in [0.3, 0.4) is 0 Å². The minimum atomic E-state index is -3.77. The van der Waals surface area contributed by atoms with E-state index >= 15 is 0 Å². The van der Waals surface area contributed by atoms with Gasteiger partial charge in [-0.25, -0.2) is 0 Å². The Morgan fingerprint density at radius 3 is 2.50 bits per heavy atom. The lowest BCUT2D eigenvalue weighted by Crippen LogP contribution is -2.00. The van der Waals surface area contributed by atoms with Crippen molar-refractivity contribution in [1.29, 1.82) is 0 Å². The highest BCUT2D eigenvalue weighted by Gasteiger charge is 2.13. The fraction of sp³-hybridized carbons (Fsp3) is 0.750. The standard InChI is InChI=1S/C4H9O4PS/c1-2-3-4(5)8-9(6,7)10/h2-3H2,1H3,(H2,6,7,10). The van der Waals surface area contributed by atoms with Crippen molar-refractivity contribution in [3.05, 3.63) is 0 Å². The van der Waals surface area contributed by atoms with E-state index in [1.165, 1.54) is 0 Å². The zero-order chi connectivity index (χ0) is 8.20. The number of rotatable bonds is 3. The normalized spacial score (nSPS) is 11.1. The second kappa shape index (κ2) is 4.03. The Balaban J connectivity index is 3.70. The Morgan fingerprint density at radius 1 is 1.70 bits per heavy atom. The topological polar surface area (TPSA) is 66.8 Å². The lowest BCUT2D eigenvalue weighted by molar-refractivity contribution is -0.134. The van der Waals surface area contributed by atoms with Crippen molar-refractivity contribution in [2.75, 3.05) is 0 Å². The highest BCUT2D eigenvalue weighted by Crippen LogP contribution is 2.36. The van der Waals surface area contributed by atoms with Crippen LogP contribution in [-0.2, 0) is 21.1 Å². The maximum Gasteiger partial charge on any atom is 0.377 e. The van der Waals surface area contributed by atoms with Crippen LogP contribution in [0.2, 0.25) is 0 Å². The van der Waals surface area contributed by atoms with Gasteiger partial charge in [0.25, 0.3) is 0 Å². The first-order chi connectivity index (χ1) is 4.45. The second-order valence-corrected chi connectivity index (χ2v) is 4.29. The van der Waals surface area contributed by atoms with Gasteiger partial charge in [0.2, 0.25) is 0 Å². The van der Waals surface area contributed by atoms with E-state index in [2.05, 4.69) is 16.3 Å². The second-order valence-electron chi connectivity index (χ2n) is 1.70. The largest absolute Gasteiger partial charge is 0.392 e. The van der Waals surface area contributed by atoms with Crippen LogP contribution in [0.5, 0.6) is 0 Å². The fourth-order valence-electron chi connectivity index (χ4n) is 0.382. The van der Waals surface area contributed by atoms with Gasteiger partial charge in [-0.3, -0.25) is 4.79 Å². The van der Waals surface area contributed by atoms with Gasteiger partial charge >= 0.3 is 12.7 Å². The van der Waals surface area contributed by atoms with Crippen LogP contribution < -0.4 is 0 Å². The van der Waals surface area contributed by atoms with E-state index in [-0.39, 0.29) is 6.42 Å². The molecule has 0 aromatic heterocycles. The Hall–Kier alpha value is 0.0400. The molecule has 0 spiro atoms. The van der Waals surface area contributed by atoms with Gasteiger partial charge in [-0.05, 0) is 6.42 Å². The highest BCUT2D eigenvalue weighted by atomic mass is 32.5. The number of hydrogen-bond donors (Lipinski definition) is 2. The summed E-state index contributed by atoms with van der Waals surface area (Å²) in [4.78, 5) is 27.4. The van der Waals surface area contributed by atoms with Crippen LogP contribution in [0.1, 0.15) is 19.8 Å². The predicted molar refractivity (Wildman–Crippen MR) is 39.7 cm³/mol. The van der Waals surface area contributed by atoms with Crippen LogP contribution in [0.15, 0.2) is 0 Å². The molecule has 0 fully saturated rings. The summed E-state index contributed by atoms with van der Waals surface area (Å²) in [5, 5.41) is 0. The first kappa shape index (κ1) is 10.0. The minimum absolute atomic E-state index is 0.166. The molecule has 0 aromatic rings. The van der Waals surface area contributed by atoms with Gasteiger partial charge in [0, 0.05) is 18.2 Å². The number of carbonyl (C=O) groups is 1. The Morgan fingerprint density at radius 2 is 2.20 bits per heavy atom. The summed E-state index contributed by atoms with van der Waals surface area (Å²) in [5.74, 6) is -0.657. The SMILES string of the molecule is CCCC(=O)OP(O)(O)=S. The molecule has 0 aliphatic rings. The van der Waals surface area contributed by atoms with Gasteiger partial charge in [0.05, 0.1) is 0 Å². The molecule has 0 aliphatic heterocycles. The zero-order valence-corrected chi connectivity index (χ0v) is 7.19. The third kappa shape index (κ3) is 6.16. The van der Waals surface area contributed by atoms with E-state index in [1.54, 1.807) is 6.92 Å². The van der Waals surface area contributed by atoms with Crippen molar-refractivity contribution >= 4 is 24.5 Å². The Labute approximate surface area is 64.1 Å². The molecule has 0 bridgehead atoms. The molecule has 0 radical (unpaired) electrons. The predicted octanol–water partition coefficient (Wildman–Crippen LogP) is 0.539. The molecule has 0 rings (SSSR count). The minimum Gasteiger partial charge on any atom is -0.392 e. The molecule has 0 atom stereocenters. The molecule has 2 N–H and O–H groups in total. The third-order valence-electron chi connectivity index (χ3n) is 0.675. The summed E-state index contributed by atoms with van der Waals surface area (Å²) in [6.45, 7) is -1.99. The van der Waals surface area contributed by atoms with Gasteiger partial charge in [-0.1, -0.05) is 6.92 Å². The van der Waals surface area contributed by atoms with Crippen LogP contribution in [0.25, 0.3) is 0 Å². The summed E-state index contributed by atoms with van der Waals surface area (Å²) in [7, 11) is 0. The average Bonchev–Trinajstić information content (AvgIpc) is 1.59. The molecule has 6 heteroatoms. The van der Waals surface area contributed by atoms with E-state index in [9.17, 15) is 4.79 Å². The zero-order valence-electron chi connectivity index (χ0n) is 5.48. The van der Waals surface area contributed by atoms with Gasteiger partial charge in [-0.2, -0.15) is 0 Å². The molecular formula is C4H9O4PS. The van der Waals surface area contributed by atoms with Gasteiger partial charge in [0.15, 0.2) is 0 Å². The average molecular weight is 184 g/mol. The lowest BCUT2D eigenvalue weighted by atomic mass is 10.4. The molecule has 0 aliphatic carbocycles. The van der Waals surface area contributed by atoms with Gasteiger partial charge in [0.1, 0.15) is 0 Å². The van der Waals surface area contributed by atoms with E-state index < -0.39 is 12.7 Å². The molecule has 4 nitrogen and oxygen atoms in total. The van der Waals surface area contributed by atoms with Gasteiger partial charge in [-0.15, -0.1) is 0 Å². The van der Waals surface area contributed by atoms with Crippen molar-refractivity contribution in [3.63, 3.8) is 0 Å². The smallest absolute Gasteiger partial charge is 0.377 e. The van der Waals surface area contributed by atoms with Gasteiger partial charge < -0.3 is 14.3 Å². The van der Waals surface area contributed by atoms with Crippen LogP contribution >= 0.6 is 6.72 Å². The van der Waals surface area contributed by atoms with E-state index in [1.807, 2.05) is 0 Å². The molecule has 10 heavy (non-hydrogen) atoms. The summed E-state index contributed by atoms with van der Waals surface area (Å²) in [6.07, 6.45) is 0.772. The lowest BCUT2D eigenvalue weighted by Gasteiger charge is -2.06. The molecule has 0 saturated heterocycles. The maximum atomic E-state index is 10.5. The van der Waals surface area contributed by atoms with Crippen LogP contribution in [0.4, 0.5) is 0 Å². The van der Waals surface area contributed by atoms with Crippen molar-refractivity contribution in [2.45, 2.75) is 19.8 Å². The van der Waals surface area contributed by atoms with Crippen molar-refractivity contribution in [2.24, 2.45) is 0 Å². The van der Waals surface area contributed by atoms with E-state index in [0.717, 1.165) is 0 Å². The Kier molecular flexibility index (Phi) is 4.05.